The van der Waals surface area contributed by atoms with Crippen LogP contribution in [0.15, 0.2) is 30.3 Å². The first-order valence-electron chi connectivity index (χ1n) is 7.98. The summed E-state index contributed by atoms with van der Waals surface area (Å²) in [6.07, 6.45) is 2.97. The van der Waals surface area contributed by atoms with Gasteiger partial charge in [0.15, 0.2) is 0 Å². The van der Waals surface area contributed by atoms with E-state index >= 15 is 0 Å². The van der Waals surface area contributed by atoms with Gasteiger partial charge in [-0.3, -0.25) is 4.79 Å². The van der Waals surface area contributed by atoms with Crippen molar-refractivity contribution < 1.29 is 9.53 Å². The number of nitrogens with one attached hydrogen (secondary N) is 1. The van der Waals surface area contributed by atoms with Crippen molar-refractivity contribution in [2.75, 3.05) is 32.8 Å². The minimum atomic E-state index is 0.265. The summed E-state index contributed by atoms with van der Waals surface area (Å²) >= 11 is 0. The summed E-state index contributed by atoms with van der Waals surface area (Å²) in [4.78, 5) is 14.5. The van der Waals surface area contributed by atoms with Crippen LogP contribution < -0.4 is 5.32 Å². The van der Waals surface area contributed by atoms with Gasteiger partial charge in [-0.15, -0.1) is 0 Å². The number of hydrogen-bond acceptors (Lipinski definition) is 3. The highest BCUT2D eigenvalue weighted by molar-refractivity contribution is 5.77. The van der Waals surface area contributed by atoms with E-state index in [1.54, 1.807) is 0 Å². The molecule has 21 heavy (non-hydrogen) atoms. The topological polar surface area (TPSA) is 41.6 Å². The number of carbonyl (C=O) groups excluding carboxylic acids is 1. The van der Waals surface area contributed by atoms with Crippen LogP contribution in [0.4, 0.5) is 0 Å². The Morgan fingerprint density at radius 1 is 1.29 bits per heavy atom. The molecular formula is C17H24N2O2. The molecule has 2 aliphatic rings. The Bertz CT molecular complexity index is 451. The molecule has 0 radical (unpaired) electrons. The van der Waals surface area contributed by atoms with E-state index in [-0.39, 0.29) is 11.8 Å². The third kappa shape index (κ3) is 3.63. The molecule has 2 heterocycles. The Morgan fingerprint density at radius 2 is 2.05 bits per heavy atom. The molecule has 2 saturated heterocycles. The average Bonchev–Trinajstić information content (AvgIpc) is 3.08. The van der Waals surface area contributed by atoms with E-state index < -0.39 is 0 Å². The fourth-order valence-corrected chi connectivity index (χ4v) is 3.38. The smallest absolute Gasteiger partial charge is 0.223 e. The number of hydrogen-bond donors (Lipinski definition) is 1. The largest absolute Gasteiger partial charge is 0.378 e. The van der Waals surface area contributed by atoms with E-state index in [1.807, 2.05) is 11.0 Å². The predicted octanol–water partition coefficient (Wildman–Crippen LogP) is 1.77. The van der Waals surface area contributed by atoms with Crippen LogP contribution >= 0.6 is 0 Å². The van der Waals surface area contributed by atoms with Crippen molar-refractivity contribution in [1.82, 2.24) is 10.2 Å². The number of benzene rings is 1. The van der Waals surface area contributed by atoms with Gasteiger partial charge in [-0.1, -0.05) is 30.3 Å². The van der Waals surface area contributed by atoms with Crippen LogP contribution in [0.2, 0.25) is 0 Å². The van der Waals surface area contributed by atoms with Crippen molar-refractivity contribution >= 4 is 5.91 Å². The van der Waals surface area contributed by atoms with Gasteiger partial charge in [-0.05, 0) is 24.9 Å². The molecule has 0 saturated carbocycles. The summed E-state index contributed by atoms with van der Waals surface area (Å²) < 4.78 is 5.33. The molecule has 2 atom stereocenters. The lowest BCUT2D eigenvalue weighted by molar-refractivity contribution is -0.135. The van der Waals surface area contributed by atoms with Gasteiger partial charge < -0.3 is 15.0 Å². The van der Waals surface area contributed by atoms with Crippen LogP contribution in [0.1, 0.15) is 30.7 Å². The van der Waals surface area contributed by atoms with Gasteiger partial charge in [-0.2, -0.15) is 0 Å². The fourth-order valence-electron chi connectivity index (χ4n) is 3.38. The summed E-state index contributed by atoms with van der Waals surface area (Å²) in [6, 6.07) is 10.9. The van der Waals surface area contributed by atoms with Gasteiger partial charge in [0.1, 0.15) is 0 Å². The molecule has 4 heteroatoms. The van der Waals surface area contributed by atoms with Gasteiger partial charge >= 0.3 is 0 Å². The van der Waals surface area contributed by atoms with E-state index in [0.29, 0.717) is 25.7 Å². The summed E-state index contributed by atoms with van der Waals surface area (Å²) in [5.41, 5.74) is 1.28. The summed E-state index contributed by atoms with van der Waals surface area (Å²) in [6.45, 7) is 3.88. The van der Waals surface area contributed by atoms with Crippen molar-refractivity contribution in [3.8, 4) is 0 Å². The maximum absolute atomic E-state index is 12.6. The third-order valence-corrected chi connectivity index (χ3v) is 4.57. The molecule has 2 aliphatic heterocycles. The van der Waals surface area contributed by atoms with Crippen molar-refractivity contribution in [1.29, 1.82) is 0 Å². The molecule has 1 N–H and O–H groups in total. The second-order valence-corrected chi connectivity index (χ2v) is 5.92. The lowest BCUT2D eigenvalue weighted by Crippen LogP contribution is -2.42. The summed E-state index contributed by atoms with van der Waals surface area (Å²) in [5, 5.41) is 3.57. The zero-order valence-corrected chi connectivity index (χ0v) is 12.5. The summed E-state index contributed by atoms with van der Waals surface area (Å²) in [5.74, 6) is 0.546. The third-order valence-electron chi connectivity index (χ3n) is 4.57. The number of carbonyl (C=O) groups is 1. The molecule has 0 bridgehead atoms. The van der Waals surface area contributed by atoms with Crippen molar-refractivity contribution in [3.63, 3.8) is 0 Å². The molecule has 1 amide bonds. The molecule has 0 aromatic heterocycles. The normalized spacial score (nSPS) is 24.0. The molecule has 0 spiro atoms. The molecule has 0 aliphatic carbocycles. The van der Waals surface area contributed by atoms with E-state index in [4.69, 9.17) is 4.74 Å². The van der Waals surface area contributed by atoms with Crippen LogP contribution in [0.25, 0.3) is 0 Å². The highest BCUT2D eigenvalue weighted by Crippen LogP contribution is 2.29. The molecule has 1 aromatic carbocycles. The van der Waals surface area contributed by atoms with Gasteiger partial charge in [0, 0.05) is 31.5 Å². The second kappa shape index (κ2) is 7.05. The lowest BCUT2D eigenvalue weighted by atomic mass is 9.87. The first kappa shape index (κ1) is 14.5. The maximum Gasteiger partial charge on any atom is 0.223 e. The number of amides is 1. The minimum Gasteiger partial charge on any atom is -0.378 e. The Kier molecular flexibility index (Phi) is 4.88. The number of nitrogens with zero attached hydrogens (tertiary/aromatic N) is 1. The maximum atomic E-state index is 12.6. The Labute approximate surface area is 126 Å². The van der Waals surface area contributed by atoms with Crippen LogP contribution in [-0.4, -0.2) is 49.7 Å². The van der Waals surface area contributed by atoms with Crippen LogP contribution in [0.3, 0.4) is 0 Å². The molecule has 2 fully saturated rings. The number of ether oxygens (including phenoxy) is 1. The zero-order valence-electron chi connectivity index (χ0n) is 12.5. The second-order valence-electron chi connectivity index (χ2n) is 5.92. The first-order chi connectivity index (χ1) is 10.3. The van der Waals surface area contributed by atoms with Crippen LogP contribution in [-0.2, 0) is 9.53 Å². The van der Waals surface area contributed by atoms with Crippen molar-refractivity contribution in [2.45, 2.75) is 31.2 Å². The van der Waals surface area contributed by atoms with Crippen molar-refractivity contribution in [3.05, 3.63) is 35.9 Å². The highest BCUT2D eigenvalue weighted by Gasteiger charge is 2.29. The van der Waals surface area contributed by atoms with Crippen LogP contribution in [0, 0.1) is 0 Å². The summed E-state index contributed by atoms with van der Waals surface area (Å²) in [7, 11) is 0. The number of morpholine rings is 1. The molecule has 1 aromatic rings. The fraction of sp³-hybridized carbons (Fsp3) is 0.588. The van der Waals surface area contributed by atoms with Gasteiger partial charge in [0.25, 0.3) is 0 Å². The average molecular weight is 288 g/mol. The SMILES string of the molecule is O=C(C[C@H](c1ccccc1)[C@H]1CCCN1)N1CCOCC1. The molecule has 114 valence electrons. The standard InChI is InChI=1S/C17H24N2O2/c20-17(19-9-11-21-12-10-19)13-15(16-7-4-8-18-16)14-5-2-1-3-6-14/h1-3,5-6,15-16,18H,4,7-13H2/t15-,16-/m1/s1. The molecular weight excluding hydrogens is 264 g/mol. The Hall–Kier alpha value is -1.39. The lowest BCUT2D eigenvalue weighted by Gasteiger charge is -2.30. The molecule has 4 nitrogen and oxygen atoms in total. The van der Waals surface area contributed by atoms with E-state index in [0.717, 1.165) is 26.1 Å². The van der Waals surface area contributed by atoms with Crippen LogP contribution in [0.5, 0.6) is 0 Å². The van der Waals surface area contributed by atoms with E-state index in [9.17, 15) is 4.79 Å². The van der Waals surface area contributed by atoms with E-state index in [2.05, 4.69) is 29.6 Å². The molecule has 0 unspecified atom stereocenters. The Balaban J connectivity index is 1.71. The van der Waals surface area contributed by atoms with Crippen molar-refractivity contribution in [2.24, 2.45) is 0 Å². The van der Waals surface area contributed by atoms with E-state index in [1.165, 1.54) is 12.0 Å². The first-order valence-corrected chi connectivity index (χ1v) is 7.98. The number of rotatable bonds is 4. The minimum absolute atomic E-state index is 0.265. The van der Waals surface area contributed by atoms with Gasteiger partial charge in [-0.25, -0.2) is 0 Å². The van der Waals surface area contributed by atoms with Gasteiger partial charge in [0.2, 0.25) is 5.91 Å². The Morgan fingerprint density at radius 3 is 2.71 bits per heavy atom. The molecule has 3 rings (SSSR count). The zero-order chi connectivity index (χ0) is 14.5. The monoisotopic (exact) mass is 288 g/mol. The highest BCUT2D eigenvalue weighted by atomic mass is 16.5. The van der Waals surface area contributed by atoms with Gasteiger partial charge in [0.05, 0.1) is 13.2 Å². The quantitative estimate of drug-likeness (QED) is 0.918. The predicted molar refractivity (Wildman–Crippen MR) is 82.2 cm³/mol.